The van der Waals surface area contributed by atoms with Gasteiger partial charge in [0.1, 0.15) is 5.82 Å². The number of rotatable bonds is 4. The summed E-state index contributed by atoms with van der Waals surface area (Å²) in [6, 6.07) is 11.8. The Labute approximate surface area is 169 Å². The lowest BCUT2D eigenvalue weighted by molar-refractivity contribution is 0.325. The largest absolute Gasteiger partial charge is 0.297 e. The van der Waals surface area contributed by atoms with Crippen molar-refractivity contribution in [1.82, 2.24) is 14.7 Å². The maximum atomic E-state index is 13.3. The third-order valence-electron chi connectivity index (χ3n) is 6.05. The van der Waals surface area contributed by atoms with Crippen LogP contribution < -0.4 is 0 Å². The van der Waals surface area contributed by atoms with Gasteiger partial charge in [0.2, 0.25) is 0 Å². The van der Waals surface area contributed by atoms with E-state index in [0.29, 0.717) is 24.5 Å². The molecule has 7 heteroatoms. The van der Waals surface area contributed by atoms with Crippen LogP contribution in [0.1, 0.15) is 24.0 Å². The molecule has 3 aromatic rings. The van der Waals surface area contributed by atoms with E-state index in [9.17, 15) is 12.8 Å². The molecule has 0 radical (unpaired) electrons. The Balaban J connectivity index is 1.45. The van der Waals surface area contributed by atoms with Crippen molar-refractivity contribution in [3.63, 3.8) is 0 Å². The monoisotopic (exact) mass is 411 g/mol. The Kier molecular flexibility index (Phi) is 4.33. The van der Waals surface area contributed by atoms with Crippen LogP contribution in [0, 0.1) is 5.82 Å². The Hall–Kier alpha value is -2.51. The van der Waals surface area contributed by atoms with E-state index >= 15 is 0 Å². The molecule has 0 N–H and O–H groups in total. The number of aryl methyl sites for hydroxylation is 1. The van der Waals surface area contributed by atoms with Gasteiger partial charge in [-0.3, -0.25) is 9.58 Å². The van der Waals surface area contributed by atoms with Crippen LogP contribution in [-0.2, 0) is 22.9 Å². The van der Waals surface area contributed by atoms with E-state index in [1.807, 2.05) is 36.1 Å². The predicted molar refractivity (Wildman–Crippen MR) is 109 cm³/mol. The molecule has 2 aliphatic heterocycles. The van der Waals surface area contributed by atoms with Crippen molar-refractivity contribution in [2.24, 2.45) is 0 Å². The van der Waals surface area contributed by atoms with E-state index in [4.69, 9.17) is 0 Å². The molecular weight excluding hydrogens is 389 g/mol. The van der Waals surface area contributed by atoms with Gasteiger partial charge in [-0.25, -0.2) is 12.8 Å². The summed E-state index contributed by atoms with van der Waals surface area (Å²) < 4.78 is 41.4. The predicted octanol–water partition coefficient (Wildman–Crippen LogP) is 3.46. The lowest BCUT2D eigenvalue weighted by Crippen LogP contribution is -2.25. The molecule has 2 atom stereocenters. The standard InChI is InChI=1S/C22H22FN3O2S/c1-2-26-12-15(10-24-26)11-25-13-20-19-9-17(16-3-6-18(23)7-4-16)5-8-21(19)29(27,28)22(20)14-25/h3-10,12,20,22H,2,11,13-14H2,1H3/t20-,22-/m1/s1. The third-order valence-corrected chi connectivity index (χ3v) is 8.31. The third kappa shape index (κ3) is 3.09. The van der Waals surface area contributed by atoms with Gasteiger partial charge in [-0.05, 0) is 47.9 Å². The van der Waals surface area contributed by atoms with Gasteiger partial charge < -0.3 is 0 Å². The van der Waals surface area contributed by atoms with Crippen LogP contribution in [-0.4, -0.2) is 41.4 Å². The van der Waals surface area contributed by atoms with Gasteiger partial charge in [0, 0.05) is 43.9 Å². The number of benzene rings is 2. The highest BCUT2D eigenvalue weighted by atomic mass is 32.2. The van der Waals surface area contributed by atoms with Crippen molar-refractivity contribution in [3.8, 4) is 11.1 Å². The maximum Gasteiger partial charge on any atom is 0.183 e. The van der Waals surface area contributed by atoms with Crippen molar-refractivity contribution < 1.29 is 12.8 Å². The number of halogens is 1. The second kappa shape index (κ2) is 6.78. The second-order valence-electron chi connectivity index (χ2n) is 7.85. The van der Waals surface area contributed by atoms with Crippen molar-refractivity contribution in [1.29, 1.82) is 0 Å². The van der Waals surface area contributed by atoms with Crippen LogP contribution in [0.25, 0.3) is 11.1 Å². The van der Waals surface area contributed by atoms with E-state index in [-0.39, 0.29) is 11.7 Å². The number of nitrogens with zero attached hydrogens (tertiary/aromatic N) is 3. The molecule has 1 saturated heterocycles. The summed E-state index contributed by atoms with van der Waals surface area (Å²) in [6.45, 7) is 4.81. The van der Waals surface area contributed by atoms with E-state index < -0.39 is 15.1 Å². The molecule has 5 rings (SSSR count). The van der Waals surface area contributed by atoms with E-state index in [1.165, 1.54) is 12.1 Å². The normalized spacial score (nSPS) is 22.6. The van der Waals surface area contributed by atoms with Gasteiger partial charge in [-0.15, -0.1) is 0 Å². The van der Waals surface area contributed by atoms with Crippen LogP contribution in [0.4, 0.5) is 4.39 Å². The quantitative estimate of drug-likeness (QED) is 0.660. The molecule has 0 unspecified atom stereocenters. The van der Waals surface area contributed by atoms with Crippen LogP contribution in [0.3, 0.4) is 0 Å². The SMILES string of the molecule is CCn1cc(CN2C[C@@H]3c4cc(-c5ccc(F)cc5)ccc4S(=O)(=O)[C@@H]3C2)cn1. The Morgan fingerprint density at radius 1 is 1.10 bits per heavy atom. The number of hydrogen-bond acceptors (Lipinski definition) is 4. The smallest absolute Gasteiger partial charge is 0.183 e. The first-order valence-electron chi connectivity index (χ1n) is 9.83. The van der Waals surface area contributed by atoms with Gasteiger partial charge >= 0.3 is 0 Å². The molecule has 0 aliphatic carbocycles. The molecule has 150 valence electrons. The Morgan fingerprint density at radius 2 is 1.86 bits per heavy atom. The van der Waals surface area contributed by atoms with Crippen LogP contribution >= 0.6 is 0 Å². The molecule has 2 aromatic carbocycles. The maximum absolute atomic E-state index is 13.3. The van der Waals surface area contributed by atoms with Gasteiger partial charge in [-0.1, -0.05) is 18.2 Å². The van der Waals surface area contributed by atoms with Crippen molar-refractivity contribution in [2.45, 2.75) is 36.1 Å². The zero-order chi connectivity index (χ0) is 20.2. The summed E-state index contributed by atoms with van der Waals surface area (Å²) in [5.74, 6) is -0.313. The first kappa shape index (κ1) is 18.5. The fourth-order valence-corrected chi connectivity index (χ4v) is 6.79. The van der Waals surface area contributed by atoms with Gasteiger partial charge in [0.15, 0.2) is 9.84 Å². The average Bonchev–Trinajstić information content (AvgIpc) is 3.39. The average molecular weight is 412 g/mol. The van der Waals surface area contributed by atoms with Crippen molar-refractivity contribution in [2.75, 3.05) is 13.1 Å². The Morgan fingerprint density at radius 3 is 2.59 bits per heavy atom. The molecule has 5 nitrogen and oxygen atoms in total. The molecule has 0 amide bonds. The lowest BCUT2D eigenvalue weighted by Gasteiger charge is -2.16. The van der Waals surface area contributed by atoms with E-state index in [1.54, 1.807) is 18.2 Å². The molecular formula is C22H22FN3O2S. The zero-order valence-corrected chi connectivity index (χ0v) is 16.9. The molecule has 1 fully saturated rings. The minimum atomic E-state index is -3.34. The molecule has 1 aromatic heterocycles. The van der Waals surface area contributed by atoms with Gasteiger partial charge in [0.25, 0.3) is 0 Å². The number of fused-ring (bicyclic) bond motifs is 3. The molecule has 0 saturated carbocycles. The van der Waals surface area contributed by atoms with E-state index in [2.05, 4.69) is 10.00 Å². The number of sulfone groups is 1. The Bertz CT molecular complexity index is 1170. The second-order valence-corrected chi connectivity index (χ2v) is 9.98. The summed E-state index contributed by atoms with van der Waals surface area (Å²) in [6.07, 6.45) is 3.87. The highest BCUT2D eigenvalue weighted by Crippen LogP contribution is 2.46. The highest BCUT2D eigenvalue weighted by molar-refractivity contribution is 7.92. The minimum Gasteiger partial charge on any atom is -0.297 e. The first-order valence-corrected chi connectivity index (χ1v) is 11.4. The van der Waals surface area contributed by atoms with E-state index in [0.717, 1.165) is 28.8 Å². The molecule has 3 heterocycles. The van der Waals surface area contributed by atoms with Crippen molar-refractivity contribution in [3.05, 3.63) is 71.8 Å². The fraction of sp³-hybridized carbons (Fsp3) is 0.318. The molecule has 0 bridgehead atoms. The number of likely N-dealkylation sites (tertiary alicyclic amines) is 1. The zero-order valence-electron chi connectivity index (χ0n) is 16.1. The summed E-state index contributed by atoms with van der Waals surface area (Å²) >= 11 is 0. The number of hydrogen-bond donors (Lipinski definition) is 0. The molecule has 29 heavy (non-hydrogen) atoms. The van der Waals surface area contributed by atoms with Gasteiger partial charge in [-0.2, -0.15) is 5.10 Å². The lowest BCUT2D eigenvalue weighted by atomic mass is 9.94. The van der Waals surface area contributed by atoms with Crippen LogP contribution in [0.2, 0.25) is 0 Å². The minimum absolute atomic E-state index is 0.0309. The van der Waals surface area contributed by atoms with Crippen molar-refractivity contribution >= 4 is 9.84 Å². The summed E-state index contributed by atoms with van der Waals surface area (Å²) in [5.41, 5.74) is 3.80. The van der Waals surface area contributed by atoms with Crippen LogP contribution in [0.5, 0.6) is 0 Å². The number of aromatic nitrogens is 2. The fourth-order valence-electron chi connectivity index (χ4n) is 4.60. The summed E-state index contributed by atoms with van der Waals surface area (Å²) in [5, 5.41) is 3.91. The first-order chi connectivity index (χ1) is 14.0. The topological polar surface area (TPSA) is 55.2 Å². The summed E-state index contributed by atoms with van der Waals surface area (Å²) in [7, 11) is -3.34. The summed E-state index contributed by atoms with van der Waals surface area (Å²) in [4.78, 5) is 2.66. The van der Waals surface area contributed by atoms with Gasteiger partial charge in [0.05, 0.1) is 16.3 Å². The molecule has 0 spiro atoms. The van der Waals surface area contributed by atoms with Crippen LogP contribution in [0.15, 0.2) is 59.8 Å². The molecule has 2 aliphatic rings. The highest BCUT2D eigenvalue weighted by Gasteiger charge is 2.50.